The van der Waals surface area contributed by atoms with Crippen LogP contribution in [0.5, 0.6) is 5.88 Å². The average Bonchev–Trinajstić information content (AvgIpc) is 2.58. The standard InChI is InChI=1S/C11H14N2OS2/c1-2-15-10-12-7-6-11(4-3-5-11)16-8(7)9(14)13-10/h2-6H2,1H3,(H,12,13,14). The number of nitrogens with zero attached hydrogens (tertiary/aromatic N) is 2. The highest BCUT2D eigenvalue weighted by Gasteiger charge is 2.45. The Kier molecular flexibility index (Phi) is 2.55. The monoisotopic (exact) mass is 254 g/mol. The maximum absolute atomic E-state index is 9.91. The number of hydrogen-bond acceptors (Lipinski definition) is 5. The van der Waals surface area contributed by atoms with E-state index in [1.54, 1.807) is 23.5 Å². The Morgan fingerprint density at radius 2 is 2.25 bits per heavy atom. The smallest absolute Gasteiger partial charge is 0.229 e. The lowest BCUT2D eigenvalue weighted by Gasteiger charge is -2.36. The number of thioether (sulfide) groups is 2. The minimum absolute atomic E-state index is 0.190. The van der Waals surface area contributed by atoms with E-state index in [1.165, 1.54) is 19.3 Å². The predicted octanol–water partition coefficient (Wildman–Crippen LogP) is 2.87. The third-order valence-corrected chi connectivity index (χ3v) is 5.58. The topological polar surface area (TPSA) is 46.0 Å². The first-order valence-corrected chi connectivity index (χ1v) is 7.44. The molecule has 3 nitrogen and oxygen atoms in total. The first kappa shape index (κ1) is 10.7. The number of rotatable bonds is 2. The molecule has 1 aromatic rings. The molecule has 0 unspecified atom stereocenters. The van der Waals surface area contributed by atoms with E-state index in [0.29, 0.717) is 4.75 Å². The van der Waals surface area contributed by atoms with E-state index in [4.69, 9.17) is 0 Å². The Bertz CT molecular complexity index is 432. The summed E-state index contributed by atoms with van der Waals surface area (Å²) in [5.74, 6) is 1.13. The second-order valence-electron chi connectivity index (χ2n) is 4.35. The lowest BCUT2D eigenvalue weighted by atomic mass is 9.81. The molecule has 0 aromatic carbocycles. The van der Waals surface area contributed by atoms with E-state index in [0.717, 1.165) is 27.9 Å². The molecule has 0 bridgehead atoms. The lowest BCUT2D eigenvalue weighted by Crippen LogP contribution is -2.32. The van der Waals surface area contributed by atoms with Crippen LogP contribution in [0.15, 0.2) is 10.1 Å². The number of fused-ring (bicyclic) bond motifs is 1. The van der Waals surface area contributed by atoms with Gasteiger partial charge in [0.15, 0.2) is 5.16 Å². The fraction of sp³-hybridized carbons (Fsp3) is 0.636. The molecule has 1 spiro atoms. The van der Waals surface area contributed by atoms with Gasteiger partial charge in [0, 0.05) is 11.2 Å². The molecule has 0 atom stereocenters. The van der Waals surface area contributed by atoms with Crippen molar-refractivity contribution in [3.8, 4) is 5.88 Å². The molecule has 1 saturated carbocycles. The molecule has 86 valence electrons. The van der Waals surface area contributed by atoms with Crippen LogP contribution < -0.4 is 0 Å². The van der Waals surface area contributed by atoms with Gasteiger partial charge in [-0.1, -0.05) is 25.1 Å². The second kappa shape index (κ2) is 3.81. The van der Waals surface area contributed by atoms with Gasteiger partial charge in [0.25, 0.3) is 0 Å². The van der Waals surface area contributed by atoms with Gasteiger partial charge < -0.3 is 5.11 Å². The third-order valence-electron chi connectivity index (χ3n) is 3.24. The molecule has 1 N–H and O–H groups in total. The van der Waals surface area contributed by atoms with Crippen LogP contribution in [-0.2, 0) is 6.42 Å². The van der Waals surface area contributed by atoms with Gasteiger partial charge in [-0.3, -0.25) is 0 Å². The second-order valence-corrected chi connectivity index (χ2v) is 7.06. The van der Waals surface area contributed by atoms with Crippen LogP contribution in [0.4, 0.5) is 0 Å². The highest BCUT2D eigenvalue weighted by atomic mass is 32.2. The highest BCUT2D eigenvalue weighted by Crippen LogP contribution is 2.57. The molecule has 1 aliphatic carbocycles. The molecule has 1 aromatic heterocycles. The van der Waals surface area contributed by atoms with Gasteiger partial charge in [-0.2, -0.15) is 4.98 Å². The quantitative estimate of drug-likeness (QED) is 0.649. The summed E-state index contributed by atoms with van der Waals surface area (Å²) in [4.78, 5) is 9.63. The Hall–Kier alpha value is -0.420. The SMILES string of the molecule is CCSc1nc(O)c2c(n1)CC1(CCC1)S2. The highest BCUT2D eigenvalue weighted by molar-refractivity contribution is 8.01. The zero-order valence-corrected chi connectivity index (χ0v) is 10.8. The Morgan fingerprint density at radius 1 is 1.44 bits per heavy atom. The van der Waals surface area contributed by atoms with Crippen molar-refractivity contribution in [1.82, 2.24) is 9.97 Å². The summed E-state index contributed by atoms with van der Waals surface area (Å²) in [6, 6.07) is 0. The van der Waals surface area contributed by atoms with Gasteiger partial charge in [0.1, 0.15) is 0 Å². The Labute approximate surface area is 103 Å². The fourth-order valence-corrected chi connectivity index (χ4v) is 4.38. The Morgan fingerprint density at radius 3 is 2.88 bits per heavy atom. The van der Waals surface area contributed by atoms with Crippen LogP contribution in [0.3, 0.4) is 0 Å². The normalized spacial score (nSPS) is 20.8. The van der Waals surface area contributed by atoms with Gasteiger partial charge in [0.2, 0.25) is 5.88 Å². The summed E-state index contributed by atoms with van der Waals surface area (Å²) in [6.45, 7) is 2.07. The maximum Gasteiger partial charge on any atom is 0.229 e. The van der Waals surface area contributed by atoms with Gasteiger partial charge in [-0.25, -0.2) is 4.98 Å². The summed E-state index contributed by atoms with van der Waals surface area (Å²) in [5.41, 5.74) is 1.06. The summed E-state index contributed by atoms with van der Waals surface area (Å²) < 4.78 is 0.351. The van der Waals surface area contributed by atoms with Gasteiger partial charge in [0.05, 0.1) is 10.6 Å². The molecule has 2 aliphatic rings. The van der Waals surface area contributed by atoms with Crippen LogP contribution in [0.1, 0.15) is 31.9 Å². The Balaban J connectivity index is 1.94. The van der Waals surface area contributed by atoms with Crippen molar-refractivity contribution in [2.75, 3.05) is 5.75 Å². The van der Waals surface area contributed by atoms with Crippen LogP contribution in [0.25, 0.3) is 0 Å². The van der Waals surface area contributed by atoms with Crippen molar-refractivity contribution >= 4 is 23.5 Å². The van der Waals surface area contributed by atoms with Crippen molar-refractivity contribution in [3.63, 3.8) is 0 Å². The van der Waals surface area contributed by atoms with Crippen LogP contribution in [0.2, 0.25) is 0 Å². The van der Waals surface area contributed by atoms with E-state index in [1.807, 2.05) is 0 Å². The van der Waals surface area contributed by atoms with Crippen molar-refractivity contribution in [2.45, 2.75) is 47.4 Å². The molecular weight excluding hydrogens is 240 g/mol. The maximum atomic E-state index is 9.91. The zero-order chi connectivity index (χ0) is 11.2. The van der Waals surface area contributed by atoms with Crippen LogP contribution in [-0.4, -0.2) is 25.6 Å². The molecule has 0 saturated heterocycles. The first-order valence-electron chi connectivity index (χ1n) is 5.64. The van der Waals surface area contributed by atoms with Crippen LogP contribution >= 0.6 is 23.5 Å². The summed E-state index contributed by atoms with van der Waals surface area (Å²) in [5, 5.41) is 10.6. The fourth-order valence-electron chi connectivity index (χ4n) is 2.29. The molecule has 5 heteroatoms. The van der Waals surface area contributed by atoms with Gasteiger partial charge >= 0.3 is 0 Å². The molecule has 1 fully saturated rings. The van der Waals surface area contributed by atoms with Crippen molar-refractivity contribution in [1.29, 1.82) is 0 Å². The molecule has 1 aliphatic heterocycles. The van der Waals surface area contributed by atoms with E-state index >= 15 is 0 Å². The van der Waals surface area contributed by atoms with Crippen LogP contribution in [0, 0.1) is 0 Å². The molecule has 0 radical (unpaired) electrons. The average molecular weight is 254 g/mol. The summed E-state index contributed by atoms with van der Waals surface area (Å²) >= 11 is 3.38. The molecule has 3 rings (SSSR count). The van der Waals surface area contributed by atoms with E-state index in [2.05, 4.69) is 16.9 Å². The zero-order valence-electron chi connectivity index (χ0n) is 9.19. The van der Waals surface area contributed by atoms with Crippen molar-refractivity contribution in [3.05, 3.63) is 5.69 Å². The number of hydrogen-bond donors (Lipinski definition) is 1. The minimum atomic E-state index is 0.190. The van der Waals surface area contributed by atoms with E-state index in [9.17, 15) is 5.11 Å². The lowest BCUT2D eigenvalue weighted by molar-refractivity contribution is 0.363. The number of aromatic nitrogens is 2. The summed E-state index contributed by atoms with van der Waals surface area (Å²) in [6.07, 6.45) is 4.83. The van der Waals surface area contributed by atoms with Gasteiger partial charge in [-0.05, 0) is 18.6 Å². The minimum Gasteiger partial charge on any atom is -0.492 e. The van der Waals surface area contributed by atoms with E-state index in [-0.39, 0.29) is 5.88 Å². The largest absolute Gasteiger partial charge is 0.492 e. The molecule has 0 amide bonds. The third kappa shape index (κ3) is 1.61. The molecule has 2 heterocycles. The summed E-state index contributed by atoms with van der Waals surface area (Å²) in [7, 11) is 0. The first-order chi connectivity index (χ1) is 7.72. The molecular formula is C11H14N2OS2. The molecule has 16 heavy (non-hydrogen) atoms. The predicted molar refractivity (Wildman–Crippen MR) is 66.2 cm³/mol. The number of aromatic hydroxyl groups is 1. The van der Waals surface area contributed by atoms with Crippen molar-refractivity contribution < 1.29 is 5.11 Å². The van der Waals surface area contributed by atoms with Crippen molar-refractivity contribution in [2.24, 2.45) is 0 Å². The van der Waals surface area contributed by atoms with E-state index < -0.39 is 0 Å². The van der Waals surface area contributed by atoms with Gasteiger partial charge in [-0.15, -0.1) is 11.8 Å².